The van der Waals surface area contributed by atoms with Crippen molar-refractivity contribution in [3.63, 3.8) is 0 Å². The molecule has 0 amide bonds. The van der Waals surface area contributed by atoms with Gasteiger partial charge in [0.15, 0.2) is 0 Å². The summed E-state index contributed by atoms with van der Waals surface area (Å²) < 4.78 is 1.14. The van der Waals surface area contributed by atoms with E-state index in [0.29, 0.717) is 0 Å². The summed E-state index contributed by atoms with van der Waals surface area (Å²) in [4.78, 5) is 0. The third-order valence-corrected chi connectivity index (χ3v) is 3.12. The molecular weight excluding hydrogens is 248 g/mol. The Morgan fingerprint density at radius 3 is 2.13 bits per heavy atom. The third-order valence-electron chi connectivity index (χ3n) is 2.62. The minimum Gasteiger partial charge on any atom is -0.0620 e. The normalized spacial score (nSPS) is 10.3. The first kappa shape index (κ1) is 10.4. The minimum atomic E-state index is 1.14. The number of rotatable bonds is 1. The van der Waals surface area contributed by atoms with Crippen LogP contribution < -0.4 is 0 Å². The Balaban J connectivity index is 2.60. The summed E-state index contributed by atoms with van der Waals surface area (Å²) in [5.74, 6) is 0. The van der Waals surface area contributed by atoms with Crippen molar-refractivity contribution in [2.24, 2.45) is 0 Å². The summed E-state index contributed by atoms with van der Waals surface area (Å²) in [6.45, 7) is 4.29. The van der Waals surface area contributed by atoms with Gasteiger partial charge in [-0.25, -0.2) is 0 Å². The minimum absolute atomic E-state index is 1.14. The van der Waals surface area contributed by atoms with Gasteiger partial charge in [-0.2, -0.15) is 0 Å². The lowest BCUT2D eigenvalue weighted by atomic mass is 9.97. The molecule has 0 radical (unpaired) electrons. The monoisotopic (exact) mass is 260 g/mol. The quantitative estimate of drug-likeness (QED) is 0.696. The Morgan fingerprint density at radius 1 is 0.800 bits per heavy atom. The summed E-state index contributed by atoms with van der Waals surface area (Å²) in [5, 5.41) is 0. The van der Waals surface area contributed by atoms with Crippen molar-refractivity contribution in [1.82, 2.24) is 0 Å². The van der Waals surface area contributed by atoms with Gasteiger partial charge >= 0.3 is 0 Å². The van der Waals surface area contributed by atoms with Crippen molar-refractivity contribution in [2.75, 3.05) is 0 Å². The maximum absolute atomic E-state index is 3.49. The van der Waals surface area contributed by atoms with Gasteiger partial charge in [-0.3, -0.25) is 0 Å². The third kappa shape index (κ3) is 2.13. The molecule has 2 aromatic rings. The topological polar surface area (TPSA) is 0 Å². The molecule has 0 nitrogen and oxygen atoms in total. The molecule has 0 atom stereocenters. The molecule has 0 aliphatic rings. The Hall–Kier alpha value is -1.08. The van der Waals surface area contributed by atoms with Gasteiger partial charge in [0.1, 0.15) is 0 Å². The molecule has 0 saturated heterocycles. The predicted octanol–water partition coefficient (Wildman–Crippen LogP) is 4.73. The molecule has 0 spiro atoms. The Morgan fingerprint density at radius 2 is 1.47 bits per heavy atom. The molecule has 1 heteroatoms. The van der Waals surface area contributed by atoms with Gasteiger partial charge in [0, 0.05) is 4.47 Å². The van der Waals surface area contributed by atoms with E-state index in [0.717, 1.165) is 4.47 Å². The number of hydrogen-bond donors (Lipinski definition) is 0. The van der Waals surface area contributed by atoms with E-state index < -0.39 is 0 Å². The molecule has 0 saturated carbocycles. The number of hydrogen-bond acceptors (Lipinski definition) is 0. The zero-order valence-corrected chi connectivity index (χ0v) is 10.5. The van der Waals surface area contributed by atoms with Crippen LogP contribution in [0.15, 0.2) is 46.9 Å². The van der Waals surface area contributed by atoms with Crippen LogP contribution in [0.2, 0.25) is 0 Å². The van der Waals surface area contributed by atoms with Crippen LogP contribution in [-0.4, -0.2) is 0 Å². The van der Waals surface area contributed by atoms with Crippen molar-refractivity contribution in [3.05, 3.63) is 58.1 Å². The van der Waals surface area contributed by atoms with E-state index in [9.17, 15) is 0 Å². The van der Waals surface area contributed by atoms with Gasteiger partial charge in [0.05, 0.1) is 0 Å². The van der Waals surface area contributed by atoms with Crippen LogP contribution in [0.25, 0.3) is 11.1 Å². The first-order valence-corrected chi connectivity index (χ1v) is 5.80. The molecule has 0 bridgehead atoms. The summed E-state index contributed by atoms with van der Waals surface area (Å²) in [6.07, 6.45) is 0. The highest BCUT2D eigenvalue weighted by Gasteiger charge is 2.04. The maximum Gasteiger partial charge on any atom is 0.0178 e. The molecule has 15 heavy (non-hydrogen) atoms. The number of benzene rings is 2. The zero-order valence-electron chi connectivity index (χ0n) is 8.92. The smallest absolute Gasteiger partial charge is 0.0178 e. The fourth-order valence-electron chi connectivity index (χ4n) is 1.80. The average Bonchev–Trinajstić information content (AvgIpc) is 2.20. The fourth-order valence-corrected chi connectivity index (χ4v) is 2.28. The van der Waals surface area contributed by atoms with E-state index in [1.807, 2.05) is 0 Å². The van der Waals surface area contributed by atoms with Crippen LogP contribution >= 0.6 is 15.9 Å². The molecule has 0 fully saturated rings. The molecule has 0 heterocycles. The number of halogens is 1. The lowest BCUT2D eigenvalue weighted by molar-refractivity contribution is 1.40. The van der Waals surface area contributed by atoms with Gasteiger partial charge in [-0.15, -0.1) is 0 Å². The maximum atomic E-state index is 3.49. The highest BCUT2D eigenvalue weighted by Crippen LogP contribution is 2.28. The van der Waals surface area contributed by atoms with Crippen LogP contribution in [0.3, 0.4) is 0 Å². The van der Waals surface area contributed by atoms with E-state index in [-0.39, 0.29) is 0 Å². The van der Waals surface area contributed by atoms with Crippen LogP contribution in [-0.2, 0) is 0 Å². The van der Waals surface area contributed by atoms with E-state index in [1.165, 1.54) is 22.3 Å². The Bertz CT molecular complexity index is 486. The lowest BCUT2D eigenvalue weighted by Crippen LogP contribution is -1.86. The van der Waals surface area contributed by atoms with Crippen LogP contribution in [0.1, 0.15) is 11.1 Å². The standard InChI is InChI=1S/C14H13Br/c1-10-5-3-4-6-13(10)14-8-7-12(15)9-11(14)2/h3-9H,1-2H3. The molecule has 2 aromatic carbocycles. The molecule has 0 N–H and O–H groups in total. The average molecular weight is 261 g/mol. The molecule has 0 aliphatic heterocycles. The first-order chi connectivity index (χ1) is 7.18. The van der Waals surface area contributed by atoms with E-state index >= 15 is 0 Å². The van der Waals surface area contributed by atoms with Gasteiger partial charge < -0.3 is 0 Å². The van der Waals surface area contributed by atoms with Crippen LogP contribution in [0.5, 0.6) is 0 Å². The van der Waals surface area contributed by atoms with Crippen molar-refractivity contribution < 1.29 is 0 Å². The number of aryl methyl sites for hydroxylation is 2. The molecule has 76 valence electrons. The first-order valence-electron chi connectivity index (χ1n) is 5.00. The molecule has 2 rings (SSSR count). The van der Waals surface area contributed by atoms with Gasteiger partial charge in [0.2, 0.25) is 0 Å². The summed E-state index contributed by atoms with van der Waals surface area (Å²) in [7, 11) is 0. The van der Waals surface area contributed by atoms with Gasteiger partial charge in [-0.05, 0) is 48.2 Å². The Kier molecular flexibility index (Phi) is 2.92. The van der Waals surface area contributed by atoms with E-state index in [2.05, 4.69) is 72.2 Å². The summed E-state index contributed by atoms with van der Waals surface area (Å²) >= 11 is 3.49. The SMILES string of the molecule is Cc1ccccc1-c1ccc(Br)cc1C. The zero-order chi connectivity index (χ0) is 10.8. The Labute approximate surface area is 99.1 Å². The summed E-state index contributed by atoms with van der Waals surface area (Å²) in [5.41, 5.74) is 5.26. The highest BCUT2D eigenvalue weighted by atomic mass is 79.9. The fraction of sp³-hybridized carbons (Fsp3) is 0.143. The van der Waals surface area contributed by atoms with Crippen molar-refractivity contribution >= 4 is 15.9 Å². The largest absolute Gasteiger partial charge is 0.0620 e. The highest BCUT2D eigenvalue weighted by molar-refractivity contribution is 9.10. The molecule has 0 unspecified atom stereocenters. The van der Waals surface area contributed by atoms with Crippen LogP contribution in [0.4, 0.5) is 0 Å². The van der Waals surface area contributed by atoms with Crippen LogP contribution in [0, 0.1) is 13.8 Å². The van der Waals surface area contributed by atoms with E-state index in [4.69, 9.17) is 0 Å². The molecule has 0 aromatic heterocycles. The van der Waals surface area contributed by atoms with E-state index in [1.54, 1.807) is 0 Å². The second kappa shape index (κ2) is 4.19. The van der Waals surface area contributed by atoms with Crippen molar-refractivity contribution in [3.8, 4) is 11.1 Å². The second-order valence-electron chi connectivity index (χ2n) is 3.77. The van der Waals surface area contributed by atoms with Crippen molar-refractivity contribution in [2.45, 2.75) is 13.8 Å². The molecule has 0 aliphatic carbocycles. The summed E-state index contributed by atoms with van der Waals surface area (Å²) in [6, 6.07) is 14.9. The predicted molar refractivity (Wildman–Crippen MR) is 69.1 cm³/mol. The van der Waals surface area contributed by atoms with Gasteiger partial charge in [0.25, 0.3) is 0 Å². The van der Waals surface area contributed by atoms with Gasteiger partial charge in [-0.1, -0.05) is 46.3 Å². The molecular formula is C14H13Br. The van der Waals surface area contributed by atoms with Crippen molar-refractivity contribution in [1.29, 1.82) is 0 Å². The second-order valence-corrected chi connectivity index (χ2v) is 4.69. The lowest BCUT2D eigenvalue weighted by Gasteiger charge is -2.09.